The molecular formula is C63H83ClN10O7. The van der Waals surface area contributed by atoms with E-state index in [1.165, 1.54) is 16.0 Å². The summed E-state index contributed by atoms with van der Waals surface area (Å²) in [6, 6.07) is 21.4. The Balaban J connectivity index is 0.971. The summed E-state index contributed by atoms with van der Waals surface area (Å²) >= 11 is 6.93. The highest BCUT2D eigenvalue weighted by Crippen LogP contribution is 2.35. The molecule has 8 N–H and O–H groups in total. The summed E-state index contributed by atoms with van der Waals surface area (Å²) in [6.07, 6.45) is 5.68. The van der Waals surface area contributed by atoms with Gasteiger partial charge >= 0.3 is 0 Å². The zero-order valence-electron chi connectivity index (χ0n) is 48.7. The van der Waals surface area contributed by atoms with Gasteiger partial charge in [-0.25, -0.2) is 0 Å². The molecule has 0 saturated carbocycles. The number of fused-ring (bicyclic) bond motifs is 3. The largest absolute Gasteiger partial charge is 0.381 e. The van der Waals surface area contributed by atoms with Crippen molar-refractivity contribution in [3.05, 3.63) is 134 Å². The van der Waals surface area contributed by atoms with Crippen LogP contribution in [0.2, 0.25) is 5.02 Å². The molecule has 2 aliphatic carbocycles. The third-order valence-corrected chi connectivity index (χ3v) is 17.1. The number of likely N-dealkylation sites (N-methyl/N-ethyl adjacent to an activating group) is 2. The molecule has 0 bridgehead atoms. The maximum absolute atomic E-state index is 14.9. The van der Waals surface area contributed by atoms with Crippen LogP contribution in [0.1, 0.15) is 149 Å². The van der Waals surface area contributed by atoms with Crippen molar-refractivity contribution in [3.8, 4) is 0 Å². The molecule has 2 heterocycles. The summed E-state index contributed by atoms with van der Waals surface area (Å²) in [7, 11) is 3.35. The van der Waals surface area contributed by atoms with E-state index >= 15 is 0 Å². The van der Waals surface area contributed by atoms with Crippen molar-refractivity contribution >= 4 is 58.6 Å². The van der Waals surface area contributed by atoms with Crippen LogP contribution in [0.25, 0.3) is 0 Å². The number of benzene rings is 4. The van der Waals surface area contributed by atoms with E-state index in [1.54, 1.807) is 51.0 Å². The van der Waals surface area contributed by atoms with Crippen molar-refractivity contribution in [1.82, 2.24) is 47.0 Å². The van der Waals surface area contributed by atoms with Gasteiger partial charge < -0.3 is 52.3 Å². The minimum atomic E-state index is -0.962. The molecule has 4 unspecified atom stereocenters. The second-order valence-electron chi connectivity index (χ2n) is 24.7. The van der Waals surface area contributed by atoms with Crippen LogP contribution in [0.4, 0.5) is 5.69 Å². The van der Waals surface area contributed by atoms with Crippen LogP contribution in [0.3, 0.4) is 0 Å². The molecule has 4 aromatic rings. The second-order valence-corrected chi connectivity index (χ2v) is 25.1. The lowest BCUT2D eigenvalue weighted by molar-refractivity contribution is -0.147. The SMILES string of the molecule is CN[C@@H](C)C(=O)N[C@H](C(=O)N1Cc2cc(NCc3ccc(C(=O)NC4CC(C(=O)N[C@@H]5CCCc6ccccc65)N(C(=O)[C@@H](NC(=O)[C@H](C)NC)C(C)(C)C)C4)cc3Cl)ccc2CC1C(=O)NC1CCCc2ccccc21)C(C)(C)C. The number of halogens is 1. The first kappa shape index (κ1) is 60.3. The number of hydrogen-bond donors (Lipinski definition) is 8. The van der Waals surface area contributed by atoms with Gasteiger partial charge in [-0.15, -0.1) is 0 Å². The molecule has 2 aliphatic heterocycles. The molecular weight excluding hydrogens is 1040 g/mol. The zero-order valence-corrected chi connectivity index (χ0v) is 49.4. The van der Waals surface area contributed by atoms with Crippen molar-refractivity contribution in [2.75, 3.05) is 26.0 Å². The highest BCUT2D eigenvalue weighted by molar-refractivity contribution is 6.31. The molecule has 17 nitrogen and oxygen atoms in total. The number of carbonyl (C=O) groups excluding carboxylic acids is 7. The van der Waals surface area contributed by atoms with E-state index in [0.717, 1.165) is 66.5 Å². The number of likely N-dealkylation sites (tertiary alicyclic amines) is 1. The monoisotopic (exact) mass is 1130 g/mol. The van der Waals surface area contributed by atoms with Gasteiger partial charge in [0.2, 0.25) is 35.4 Å². The van der Waals surface area contributed by atoms with Gasteiger partial charge in [0.25, 0.3) is 5.91 Å². The van der Waals surface area contributed by atoms with Crippen LogP contribution in [-0.4, -0.2) is 114 Å². The zero-order chi connectivity index (χ0) is 58.5. The van der Waals surface area contributed by atoms with Crippen LogP contribution >= 0.6 is 11.6 Å². The van der Waals surface area contributed by atoms with E-state index in [4.69, 9.17) is 11.6 Å². The Morgan fingerprint density at radius 1 is 0.617 bits per heavy atom. The Kier molecular flexibility index (Phi) is 19.0. The molecule has 7 amide bonds. The van der Waals surface area contributed by atoms with Crippen molar-refractivity contribution in [3.63, 3.8) is 0 Å². The quantitative estimate of drug-likeness (QED) is 0.0568. The molecule has 9 atom stereocenters. The lowest BCUT2D eigenvalue weighted by Gasteiger charge is -2.42. The summed E-state index contributed by atoms with van der Waals surface area (Å²) in [4.78, 5) is 102. The van der Waals surface area contributed by atoms with Crippen molar-refractivity contribution in [2.24, 2.45) is 10.8 Å². The van der Waals surface area contributed by atoms with Gasteiger partial charge in [-0.2, -0.15) is 0 Å². The van der Waals surface area contributed by atoms with Gasteiger partial charge in [0, 0.05) is 48.4 Å². The molecule has 4 aromatic carbocycles. The Morgan fingerprint density at radius 3 is 1.68 bits per heavy atom. The fourth-order valence-corrected chi connectivity index (χ4v) is 11.9. The summed E-state index contributed by atoms with van der Waals surface area (Å²) in [6.45, 7) is 15.2. The lowest BCUT2D eigenvalue weighted by atomic mass is 9.83. The van der Waals surface area contributed by atoms with Gasteiger partial charge in [0.1, 0.15) is 24.2 Å². The minimum absolute atomic E-state index is 0.0450. The van der Waals surface area contributed by atoms with E-state index in [2.05, 4.69) is 60.7 Å². The summed E-state index contributed by atoms with van der Waals surface area (Å²) in [5.41, 5.74) is 6.69. The average molecular weight is 1130 g/mol. The fourth-order valence-electron chi connectivity index (χ4n) is 11.7. The summed E-state index contributed by atoms with van der Waals surface area (Å²) < 4.78 is 0. The van der Waals surface area contributed by atoms with E-state index in [9.17, 15) is 33.6 Å². The van der Waals surface area contributed by atoms with Gasteiger partial charge in [0.15, 0.2) is 0 Å². The number of nitrogens with zero attached hydrogens (tertiary/aromatic N) is 2. The molecule has 4 aliphatic rings. The first-order chi connectivity index (χ1) is 38.4. The highest BCUT2D eigenvalue weighted by atomic mass is 35.5. The third-order valence-electron chi connectivity index (χ3n) is 16.8. The Morgan fingerprint density at radius 2 is 1.15 bits per heavy atom. The van der Waals surface area contributed by atoms with Gasteiger partial charge in [-0.05, 0) is 147 Å². The first-order valence-electron chi connectivity index (χ1n) is 28.7. The van der Waals surface area contributed by atoms with Gasteiger partial charge in [-0.1, -0.05) is 114 Å². The molecule has 1 fully saturated rings. The smallest absolute Gasteiger partial charge is 0.251 e. The van der Waals surface area contributed by atoms with Crippen molar-refractivity contribution in [1.29, 1.82) is 0 Å². The van der Waals surface area contributed by atoms with Crippen molar-refractivity contribution < 1.29 is 33.6 Å². The maximum atomic E-state index is 14.9. The molecule has 8 rings (SSSR count). The standard InChI is InChI=1S/C63H83ClN10O7/c1-36(65-9)55(75)71-53(62(3,4)5)60(80)73-34-43-29-44(28-27-40(43)31-51(73)58(78)69-49-23-15-19-38-17-11-13-21-46(38)49)67-33-42-26-25-41(30-48(42)64)57(77)68-45-32-52(59(79)70-50-24-16-20-39-18-12-14-22-47(39)50)74(35-45)61(81)54(63(6,7)8)72-56(76)37(2)66-10/h11-14,17-18,21-22,25-30,36-37,45,49-54,65-67H,15-16,19-20,23-24,31-35H2,1-10H3,(H,68,77)(H,69,78)(H,70,79)(H,71,75)(H,72,76)/t36-,37-,45?,49?,50+,51?,52?,53+,54+/m0/s1. The lowest BCUT2D eigenvalue weighted by Crippen LogP contribution is -2.62. The molecule has 0 aromatic heterocycles. The molecule has 18 heteroatoms. The maximum Gasteiger partial charge on any atom is 0.251 e. The van der Waals surface area contributed by atoms with Crippen LogP contribution in [0.15, 0.2) is 84.9 Å². The average Bonchev–Trinajstić information content (AvgIpc) is 4.02. The predicted molar refractivity (Wildman–Crippen MR) is 315 cm³/mol. The van der Waals surface area contributed by atoms with Gasteiger partial charge in [0.05, 0.1) is 24.2 Å². The normalized spacial score (nSPS) is 21.1. The molecule has 0 radical (unpaired) electrons. The number of anilines is 1. The van der Waals surface area contributed by atoms with Crippen molar-refractivity contribution in [2.45, 2.75) is 174 Å². The van der Waals surface area contributed by atoms with Crippen LogP contribution < -0.4 is 42.5 Å². The molecule has 1 saturated heterocycles. The second kappa shape index (κ2) is 25.5. The molecule has 0 spiro atoms. The first-order valence-corrected chi connectivity index (χ1v) is 29.1. The fraction of sp³-hybridized carbons (Fsp3) is 0.508. The Bertz CT molecular complexity index is 3010. The topological polar surface area (TPSA) is 222 Å². The summed E-state index contributed by atoms with van der Waals surface area (Å²) in [5.74, 6) is -2.41. The highest BCUT2D eigenvalue weighted by Gasteiger charge is 2.47. The number of rotatable bonds is 17. The van der Waals surface area contributed by atoms with Gasteiger partial charge in [-0.3, -0.25) is 33.6 Å². The molecule has 434 valence electrons. The van der Waals surface area contributed by atoms with Crippen LogP contribution in [0.5, 0.6) is 0 Å². The third kappa shape index (κ3) is 14.1. The molecule has 81 heavy (non-hydrogen) atoms. The summed E-state index contributed by atoms with van der Waals surface area (Å²) in [5, 5.41) is 25.2. The predicted octanol–water partition coefficient (Wildman–Crippen LogP) is 6.57. The van der Waals surface area contributed by atoms with Crippen LogP contribution in [0, 0.1) is 10.8 Å². The Hall–Kier alpha value is -6.82. The van der Waals surface area contributed by atoms with E-state index in [-0.39, 0.29) is 67.6 Å². The number of nitrogens with one attached hydrogen (secondary N) is 8. The van der Waals surface area contributed by atoms with E-state index < -0.39 is 64.9 Å². The Labute approximate surface area is 482 Å². The number of aryl methyl sites for hydroxylation is 2. The number of amides is 7. The van der Waals surface area contributed by atoms with Crippen LogP contribution in [-0.2, 0) is 61.1 Å². The van der Waals surface area contributed by atoms with E-state index in [1.807, 2.05) is 90.1 Å². The number of carbonyl (C=O) groups is 7. The number of hydrogen-bond acceptors (Lipinski definition) is 10. The van der Waals surface area contributed by atoms with E-state index in [0.29, 0.717) is 22.7 Å². The minimum Gasteiger partial charge on any atom is -0.381 e.